The normalized spacial score (nSPS) is 20.4. The van der Waals surface area contributed by atoms with Crippen molar-refractivity contribution in [3.63, 3.8) is 0 Å². The van der Waals surface area contributed by atoms with E-state index >= 15 is 0 Å². The molecule has 7 heteroatoms. The van der Waals surface area contributed by atoms with Gasteiger partial charge in [0.25, 0.3) is 5.91 Å². The van der Waals surface area contributed by atoms with E-state index in [1.54, 1.807) is 24.3 Å². The molecule has 0 bridgehead atoms. The first-order chi connectivity index (χ1) is 11.3. The van der Waals surface area contributed by atoms with Gasteiger partial charge in [-0.2, -0.15) is 0 Å². The van der Waals surface area contributed by atoms with Crippen LogP contribution in [0.5, 0.6) is 0 Å². The third-order valence-electron chi connectivity index (χ3n) is 4.00. The van der Waals surface area contributed by atoms with Crippen LogP contribution in [-0.4, -0.2) is 16.8 Å². The molecule has 1 aliphatic heterocycles. The predicted octanol–water partition coefficient (Wildman–Crippen LogP) is 3.59. The minimum absolute atomic E-state index is 0.0322. The van der Waals surface area contributed by atoms with Gasteiger partial charge in [0.05, 0.1) is 6.54 Å². The molecule has 0 aromatic heterocycles. The first-order valence-electron chi connectivity index (χ1n) is 7.15. The minimum Gasteiger partial charge on any atom is -0.319 e. The van der Waals surface area contributed by atoms with E-state index in [4.69, 9.17) is 11.6 Å². The Hall–Kier alpha value is -2.47. The van der Waals surface area contributed by atoms with Crippen molar-refractivity contribution in [3.05, 3.63) is 70.2 Å². The van der Waals surface area contributed by atoms with Crippen molar-refractivity contribution in [2.24, 2.45) is 0 Å². The van der Waals surface area contributed by atoms with Gasteiger partial charge in [-0.15, -0.1) is 0 Å². The summed E-state index contributed by atoms with van der Waals surface area (Å²) in [7, 11) is 0. The Labute approximate surface area is 142 Å². The minimum atomic E-state index is -1.45. The summed E-state index contributed by atoms with van der Waals surface area (Å²) in [5.41, 5.74) is -0.599. The zero-order valence-corrected chi connectivity index (χ0v) is 13.4. The van der Waals surface area contributed by atoms with Gasteiger partial charge in [-0.25, -0.2) is 13.6 Å². The number of carbonyl (C=O) groups excluding carboxylic acids is 2. The predicted molar refractivity (Wildman–Crippen MR) is 84.2 cm³/mol. The van der Waals surface area contributed by atoms with Crippen LogP contribution in [0.3, 0.4) is 0 Å². The summed E-state index contributed by atoms with van der Waals surface area (Å²) in [6.07, 6.45) is 0. The monoisotopic (exact) mass is 350 g/mol. The average molecular weight is 351 g/mol. The van der Waals surface area contributed by atoms with Crippen LogP contribution >= 0.6 is 11.6 Å². The number of benzene rings is 2. The average Bonchev–Trinajstić information content (AvgIpc) is 2.74. The zero-order valence-electron chi connectivity index (χ0n) is 12.6. The molecule has 0 saturated carbocycles. The standard InChI is InChI=1S/C17H13ClF2N2O2/c1-17(11-5-6-13(19)14(20)8-11)15(23)22(16(24)21-17)9-10-3-2-4-12(18)7-10/h2-8H,9H2,1H3,(H,21,24). The molecule has 1 atom stereocenters. The van der Waals surface area contributed by atoms with Gasteiger partial charge >= 0.3 is 6.03 Å². The zero-order chi connectivity index (χ0) is 17.5. The van der Waals surface area contributed by atoms with E-state index < -0.39 is 29.1 Å². The fraction of sp³-hybridized carbons (Fsp3) is 0.176. The molecule has 2 aromatic rings. The largest absolute Gasteiger partial charge is 0.325 e. The Balaban J connectivity index is 1.91. The maximum atomic E-state index is 13.5. The maximum absolute atomic E-state index is 13.5. The highest BCUT2D eigenvalue weighted by molar-refractivity contribution is 6.30. The number of hydrogen-bond acceptors (Lipinski definition) is 2. The van der Waals surface area contributed by atoms with E-state index in [1.807, 2.05) is 0 Å². The Bertz CT molecular complexity index is 843. The van der Waals surface area contributed by atoms with Gasteiger partial charge < -0.3 is 5.32 Å². The summed E-state index contributed by atoms with van der Waals surface area (Å²) >= 11 is 5.91. The molecule has 2 aromatic carbocycles. The van der Waals surface area contributed by atoms with Crippen molar-refractivity contribution < 1.29 is 18.4 Å². The molecule has 0 aliphatic carbocycles. The molecule has 1 aliphatic rings. The number of urea groups is 1. The van der Waals surface area contributed by atoms with E-state index in [0.717, 1.165) is 17.0 Å². The molecule has 3 amide bonds. The number of nitrogens with zero attached hydrogens (tertiary/aromatic N) is 1. The third kappa shape index (κ3) is 2.73. The molecule has 24 heavy (non-hydrogen) atoms. The highest BCUT2D eigenvalue weighted by Crippen LogP contribution is 2.30. The van der Waals surface area contributed by atoms with Crippen LogP contribution in [0.1, 0.15) is 18.1 Å². The van der Waals surface area contributed by atoms with Crippen LogP contribution in [0.4, 0.5) is 13.6 Å². The van der Waals surface area contributed by atoms with Crippen molar-refractivity contribution in [1.29, 1.82) is 0 Å². The Kier molecular flexibility index (Phi) is 4.01. The van der Waals surface area contributed by atoms with Crippen LogP contribution < -0.4 is 5.32 Å². The van der Waals surface area contributed by atoms with Gasteiger partial charge in [0, 0.05) is 5.02 Å². The molecule has 124 valence electrons. The van der Waals surface area contributed by atoms with Gasteiger partial charge in [-0.1, -0.05) is 29.8 Å². The highest BCUT2D eigenvalue weighted by atomic mass is 35.5. The second-order valence-electron chi connectivity index (χ2n) is 5.71. The lowest BCUT2D eigenvalue weighted by Gasteiger charge is -2.22. The topological polar surface area (TPSA) is 49.4 Å². The molecule has 1 heterocycles. The fourth-order valence-electron chi connectivity index (χ4n) is 2.66. The third-order valence-corrected chi connectivity index (χ3v) is 4.24. The van der Waals surface area contributed by atoms with Crippen LogP contribution in [0.15, 0.2) is 42.5 Å². The number of carbonyl (C=O) groups is 2. The summed E-state index contributed by atoms with van der Waals surface area (Å²) in [6.45, 7) is 1.49. The Morgan fingerprint density at radius 3 is 2.54 bits per heavy atom. The van der Waals surface area contributed by atoms with Gasteiger partial charge in [0.2, 0.25) is 0 Å². The summed E-state index contributed by atoms with van der Waals surface area (Å²) in [5.74, 6) is -2.64. The molecule has 1 unspecified atom stereocenters. The lowest BCUT2D eigenvalue weighted by Crippen LogP contribution is -2.41. The van der Waals surface area contributed by atoms with Crippen LogP contribution in [-0.2, 0) is 16.9 Å². The van der Waals surface area contributed by atoms with E-state index in [0.29, 0.717) is 10.6 Å². The van der Waals surface area contributed by atoms with E-state index in [2.05, 4.69) is 5.32 Å². The lowest BCUT2D eigenvalue weighted by molar-refractivity contribution is -0.131. The van der Waals surface area contributed by atoms with Crippen molar-refractivity contribution in [2.75, 3.05) is 0 Å². The van der Waals surface area contributed by atoms with Gasteiger partial charge in [-0.3, -0.25) is 9.69 Å². The second-order valence-corrected chi connectivity index (χ2v) is 6.14. The molecule has 4 nitrogen and oxygen atoms in total. The number of imide groups is 1. The molecular weight excluding hydrogens is 338 g/mol. The number of nitrogens with one attached hydrogen (secondary N) is 1. The van der Waals surface area contributed by atoms with Gasteiger partial charge in [0.1, 0.15) is 5.54 Å². The van der Waals surface area contributed by atoms with Crippen molar-refractivity contribution in [2.45, 2.75) is 19.0 Å². The summed E-state index contributed by atoms with van der Waals surface area (Å²) < 4.78 is 26.6. The lowest BCUT2D eigenvalue weighted by atomic mass is 9.92. The first kappa shape index (κ1) is 16.4. The molecule has 0 radical (unpaired) electrons. The van der Waals surface area contributed by atoms with Crippen molar-refractivity contribution in [1.82, 2.24) is 10.2 Å². The molecule has 0 spiro atoms. The maximum Gasteiger partial charge on any atom is 0.325 e. The molecular formula is C17H13ClF2N2O2. The Morgan fingerprint density at radius 2 is 1.88 bits per heavy atom. The highest BCUT2D eigenvalue weighted by Gasteiger charge is 2.49. The van der Waals surface area contributed by atoms with Gasteiger partial charge in [0.15, 0.2) is 11.6 Å². The number of halogens is 3. The van der Waals surface area contributed by atoms with E-state index in [1.165, 1.54) is 13.0 Å². The Morgan fingerprint density at radius 1 is 1.12 bits per heavy atom. The number of amides is 3. The van der Waals surface area contributed by atoms with Crippen LogP contribution in [0.25, 0.3) is 0 Å². The van der Waals surface area contributed by atoms with E-state index in [9.17, 15) is 18.4 Å². The fourth-order valence-corrected chi connectivity index (χ4v) is 2.87. The summed E-state index contributed by atoms with van der Waals surface area (Å²) in [4.78, 5) is 25.9. The molecule has 1 fully saturated rings. The van der Waals surface area contributed by atoms with Crippen molar-refractivity contribution >= 4 is 23.5 Å². The SMILES string of the molecule is CC1(c2ccc(F)c(F)c2)NC(=O)N(Cc2cccc(Cl)c2)C1=O. The van der Waals surface area contributed by atoms with Crippen molar-refractivity contribution in [3.8, 4) is 0 Å². The van der Waals surface area contributed by atoms with Crippen LogP contribution in [0, 0.1) is 11.6 Å². The molecule has 3 rings (SSSR count). The van der Waals surface area contributed by atoms with Crippen LogP contribution in [0.2, 0.25) is 5.02 Å². The quantitative estimate of drug-likeness (QED) is 0.860. The molecule has 1 saturated heterocycles. The van der Waals surface area contributed by atoms with Gasteiger partial charge in [-0.05, 0) is 42.3 Å². The second kappa shape index (κ2) is 5.87. The number of hydrogen-bond donors (Lipinski definition) is 1. The van der Waals surface area contributed by atoms with E-state index in [-0.39, 0.29) is 12.1 Å². The molecule has 1 N–H and O–H groups in total. The first-order valence-corrected chi connectivity index (χ1v) is 7.53. The summed E-state index contributed by atoms with van der Waals surface area (Å²) in [5, 5.41) is 3.03. The smallest absolute Gasteiger partial charge is 0.319 e. The number of rotatable bonds is 3. The summed E-state index contributed by atoms with van der Waals surface area (Å²) in [6, 6.07) is 9.29.